The number of nitrogens with zero attached hydrogens (tertiary/aromatic N) is 3. The van der Waals surface area contributed by atoms with Crippen LogP contribution < -0.4 is 38.5 Å². The lowest BCUT2D eigenvalue weighted by Gasteiger charge is -2.33. The number of aliphatic hydroxyl groups excluding tert-OH is 1. The SMILES string of the molecule is CNCC(=O)N[C@@H](CCCCN)C(=O)N[C@@H](CCCN=C(N)N)C(=O)N1CCC[C@H]1C(=O)N1C[C@H](O)C[C@H]1C(=O)NCC(=O)O. The Labute approximate surface area is 261 Å². The van der Waals surface area contributed by atoms with Gasteiger partial charge in [0.15, 0.2) is 5.96 Å². The maximum atomic E-state index is 14.0. The highest BCUT2D eigenvalue weighted by Crippen LogP contribution is 2.26. The van der Waals surface area contributed by atoms with E-state index in [1.807, 2.05) is 0 Å². The van der Waals surface area contributed by atoms with Crippen LogP contribution in [-0.2, 0) is 28.8 Å². The molecule has 2 fully saturated rings. The monoisotopic (exact) mass is 640 g/mol. The first kappa shape index (κ1) is 37.2. The second-order valence-corrected chi connectivity index (χ2v) is 11.1. The Balaban J connectivity index is 2.25. The van der Waals surface area contributed by atoms with E-state index in [1.165, 1.54) is 9.80 Å². The standard InChI is InChI=1S/C27H48N10O8/c1-31-13-21(39)34-17(6-2-3-9-28)23(42)35-18(7-4-10-32-27(29)30)25(44)36-11-5-8-19(36)26(45)37-15-16(38)12-20(37)24(43)33-14-22(40)41/h16-20,31,38H,2-15,28H2,1H3,(H,33,43)(H,34,39)(H,35,42)(H,40,41)(H4,29,30,32)/t16-,17+,18+,19+,20+/m1/s1. The molecule has 5 atom stereocenters. The Morgan fingerprint density at radius 3 is 2.31 bits per heavy atom. The largest absolute Gasteiger partial charge is 0.480 e. The Morgan fingerprint density at radius 2 is 1.67 bits per heavy atom. The molecule has 2 rings (SSSR count). The molecule has 5 amide bonds. The van der Waals surface area contributed by atoms with Gasteiger partial charge in [-0.1, -0.05) is 0 Å². The summed E-state index contributed by atoms with van der Waals surface area (Å²) >= 11 is 0. The number of unbranched alkanes of at least 4 members (excludes halogenated alkanes) is 1. The van der Waals surface area contributed by atoms with E-state index in [2.05, 4.69) is 26.3 Å². The van der Waals surface area contributed by atoms with Crippen molar-refractivity contribution in [1.29, 1.82) is 0 Å². The van der Waals surface area contributed by atoms with Crippen molar-refractivity contribution < 1.29 is 39.0 Å². The van der Waals surface area contributed by atoms with Gasteiger partial charge in [0.2, 0.25) is 29.5 Å². The van der Waals surface area contributed by atoms with Crippen LogP contribution >= 0.6 is 0 Å². The lowest BCUT2D eigenvalue weighted by Crippen LogP contribution is -2.58. The normalized spacial score (nSPS) is 20.6. The molecule has 2 heterocycles. The molecule has 2 saturated heterocycles. The second-order valence-electron chi connectivity index (χ2n) is 11.1. The number of likely N-dealkylation sites (tertiary alicyclic amines) is 2. The smallest absolute Gasteiger partial charge is 0.322 e. The molecule has 18 nitrogen and oxygen atoms in total. The summed E-state index contributed by atoms with van der Waals surface area (Å²) in [5.74, 6) is -4.17. The number of rotatable bonds is 18. The summed E-state index contributed by atoms with van der Waals surface area (Å²) in [5.41, 5.74) is 16.4. The van der Waals surface area contributed by atoms with Crippen molar-refractivity contribution in [1.82, 2.24) is 31.1 Å². The minimum atomic E-state index is -1.26. The van der Waals surface area contributed by atoms with Crippen LogP contribution in [-0.4, -0.2) is 138 Å². The van der Waals surface area contributed by atoms with E-state index >= 15 is 0 Å². The number of aliphatic carboxylic acids is 1. The van der Waals surface area contributed by atoms with E-state index in [9.17, 15) is 33.9 Å². The van der Waals surface area contributed by atoms with Crippen molar-refractivity contribution in [3.05, 3.63) is 0 Å². The van der Waals surface area contributed by atoms with Crippen LogP contribution in [0.5, 0.6) is 0 Å². The van der Waals surface area contributed by atoms with Gasteiger partial charge < -0.3 is 58.5 Å². The van der Waals surface area contributed by atoms with Crippen LogP contribution in [0.1, 0.15) is 51.4 Å². The Hall–Kier alpha value is -4.03. The van der Waals surface area contributed by atoms with Crippen LogP contribution in [0.4, 0.5) is 0 Å². The highest BCUT2D eigenvalue weighted by molar-refractivity contribution is 5.96. The maximum Gasteiger partial charge on any atom is 0.322 e. The molecular weight excluding hydrogens is 592 g/mol. The summed E-state index contributed by atoms with van der Waals surface area (Å²) in [5, 5.41) is 29.6. The third kappa shape index (κ3) is 11.8. The molecule has 0 aromatic carbocycles. The van der Waals surface area contributed by atoms with Gasteiger partial charge in [0.05, 0.1) is 12.6 Å². The lowest BCUT2D eigenvalue weighted by molar-refractivity contribution is -0.148. The fourth-order valence-corrected chi connectivity index (χ4v) is 5.47. The van der Waals surface area contributed by atoms with Crippen LogP contribution in [0.15, 0.2) is 4.99 Å². The quantitative estimate of drug-likeness (QED) is 0.0389. The topological polar surface area (TPSA) is 288 Å². The summed E-state index contributed by atoms with van der Waals surface area (Å²) in [6.07, 6.45) is 1.61. The zero-order valence-corrected chi connectivity index (χ0v) is 25.7. The molecule has 12 N–H and O–H groups in total. The number of aliphatic imine (C=N–C) groups is 1. The van der Waals surface area contributed by atoms with Gasteiger partial charge in [-0.3, -0.25) is 33.8 Å². The summed E-state index contributed by atoms with van der Waals surface area (Å²) in [6, 6.07) is -4.09. The Kier molecular flexibility index (Phi) is 15.4. The van der Waals surface area contributed by atoms with Gasteiger partial charge in [0.25, 0.3) is 0 Å². The molecule has 254 valence electrons. The zero-order chi connectivity index (χ0) is 33.5. The average molecular weight is 641 g/mol. The first-order valence-corrected chi connectivity index (χ1v) is 15.2. The molecule has 45 heavy (non-hydrogen) atoms. The summed E-state index contributed by atoms with van der Waals surface area (Å²) in [4.78, 5) is 83.4. The number of β-amino-alcohol motifs (C(OH)–C–C–N with tert-alkyl or cyclic N) is 1. The Morgan fingerprint density at radius 1 is 0.956 bits per heavy atom. The molecule has 0 aromatic rings. The summed E-state index contributed by atoms with van der Waals surface area (Å²) in [7, 11) is 1.59. The van der Waals surface area contributed by atoms with Gasteiger partial charge in [-0.05, 0) is 58.5 Å². The van der Waals surface area contributed by atoms with E-state index in [4.69, 9.17) is 22.3 Å². The van der Waals surface area contributed by atoms with Crippen molar-refractivity contribution in [2.75, 3.05) is 46.3 Å². The molecule has 0 spiro atoms. The predicted octanol–water partition coefficient (Wildman–Crippen LogP) is -4.49. The fourth-order valence-electron chi connectivity index (χ4n) is 5.47. The number of nitrogens with one attached hydrogen (secondary N) is 4. The molecule has 0 unspecified atom stereocenters. The van der Waals surface area contributed by atoms with Crippen LogP contribution in [0.3, 0.4) is 0 Å². The number of carbonyl (C=O) groups is 6. The Bertz CT molecular complexity index is 1090. The predicted molar refractivity (Wildman–Crippen MR) is 162 cm³/mol. The number of hydrogen-bond acceptors (Lipinski definition) is 10. The van der Waals surface area contributed by atoms with Crippen molar-refractivity contribution in [3.8, 4) is 0 Å². The van der Waals surface area contributed by atoms with Crippen LogP contribution in [0, 0.1) is 0 Å². The minimum absolute atomic E-state index is 0.0143. The first-order valence-electron chi connectivity index (χ1n) is 15.2. The second kappa shape index (κ2) is 18.7. The van der Waals surface area contributed by atoms with E-state index in [0.717, 1.165) is 0 Å². The zero-order valence-electron chi connectivity index (χ0n) is 25.7. The number of nitrogens with two attached hydrogens (primary N) is 3. The molecule has 0 aliphatic carbocycles. The number of guanidine groups is 1. The van der Waals surface area contributed by atoms with E-state index in [0.29, 0.717) is 38.6 Å². The number of amides is 5. The number of hydrogen-bond donors (Lipinski definition) is 9. The molecule has 2 aliphatic rings. The van der Waals surface area contributed by atoms with Gasteiger partial charge in [-0.15, -0.1) is 0 Å². The third-order valence-corrected chi connectivity index (χ3v) is 7.60. The first-order chi connectivity index (χ1) is 21.4. The number of carboxylic acid groups (broad SMARTS) is 1. The van der Waals surface area contributed by atoms with Crippen molar-refractivity contribution in [2.24, 2.45) is 22.2 Å². The molecule has 0 aromatic heterocycles. The molecule has 18 heteroatoms. The lowest BCUT2D eigenvalue weighted by atomic mass is 10.0. The molecule has 0 radical (unpaired) electrons. The molecule has 0 saturated carbocycles. The van der Waals surface area contributed by atoms with E-state index in [1.54, 1.807) is 7.05 Å². The average Bonchev–Trinajstić information content (AvgIpc) is 3.63. The van der Waals surface area contributed by atoms with Crippen LogP contribution in [0.25, 0.3) is 0 Å². The van der Waals surface area contributed by atoms with Gasteiger partial charge >= 0.3 is 5.97 Å². The van der Waals surface area contributed by atoms with Crippen LogP contribution in [0.2, 0.25) is 0 Å². The highest BCUT2D eigenvalue weighted by Gasteiger charge is 2.45. The van der Waals surface area contributed by atoms with Crippen molar-refractivity contribution in [3.63, 3.8) is 0 Å². The molecule has 0 bridgehead atoms. The number of carboxylic acids is 1. The number of carbonyl (C=O) groups excluding carboxylic acids is 5. The number of likely N-dealkylation sites (N-methyl/N-ethyl adjacent to an activating group) is 1. The fraction of sp³-hybridized carbons (Fsp3) is 0.741. The van der Waals surface area contributed by atoms with Crippen molar-refractivity contribution in [2.45, 2.75) is 81.6 Å². The summed E-state index contributed by atoms with van der Waals surface area (Å²) in [6.45, 7) is -0.0171. The number of aliphatic hydroxyl groups is 1. The summed E-state index contributed by atoms with van der Waals surface area (Å²) < 4.78 is 0. The molecule has 2 aliphatic heterocycles. The van der Waals surface area contributed by atoms with Gasteiger partial charge in [0.1, 0.15) is 30.7 Å². The van der Waals surface area contributed by atoms with Gasteiger partial charge in [-0.2, -0.15) is 0 Å². The third-order valence-electron chi connectivity index (χ3n) is 7.60. The van der Waals surface area contributed by atoms with Gasteiger partial charge in [0, 0.05) is 26.1 Å². The van der Waals surface area contributed by atoms with E-state index in [-0.39, 0.29) is 51.4 Å². The maximum absolute atomic E-state index is 14.0. The van der Waals surface area contributed by atoms with E-state index < -0.39 is 72.3 Å². The minimum Gasteiger partial charge on any atom is -0.480 e. The highest BCUT2D eigenvalue weighted by atomic mass is 16.4. The van der Waals surface area contributed by atoms with Crippen molar-refractivity contribution >= 4 is 41.5 Å². The van der Waals surface area contributed by atoms with Gasteiger partial charge in [-0.25, -0.2) is 0 Å². The molecular formula is C27H48N10O8.